The van der Waals surface area contributed by atoms with Crippen molar-refractivity contribution in [3.63, 3.8) is 0 Å². The van der Waals surface area contributed by atoms with Crippen LogP contribution in [0, 0.1) is 20.8 Å². The van der Waals surface area contributed by atoms with Crippen LogP contribution in [-0.4, -0.2) is 61.5 Å². The first-order valence-electron chi connectivity index (χ1n) is 16.6. The first-order chi connectivity index (χ1) is 24.0. The number of aryl methyl sites for hydroxylation is 7. The largest absolute Gasteiger partial charge is 0.392 e. The van der Waals surface area contributed by atoms with Crippen molar-refractivity contribution < 1.29 is 19.5 Å². The number of benzene rings is 2. The van der Waals surface area contributed by atoms with Crippen molar-refractivity contribution in [3.8, 4) is 0 Å². The first-order valence-corrected chi connectivity index (χ1v) is 16.6. The molecule has 3 amide bonds. The molecule has 0 unspecified atom stereocenters. The number of aromatic nitrogens is 8. The van der Waals surface area contributed by atoms with Gasteiger partial charge < -0.3 is 20.0 Å². The van der Waals surface area contributed by atoms with Crippen molar-refractivity contribution in [2.75, 3.05) is 10.6 Å². The molecule has 0 atom stereocenters. The molecule has 2 aromatic carbocycles. The quantitative estimate of drug-likeness (QED) is 0.130. The van der Waals surface area contributed by atoms with E-state index in [2.05, 4.69) is 25.8 Å². The fraction of sp³-hybridized carbons (Fsp3) is 0.343. The van der Waals surface area contributed by atoms with Gasteiger partial charge in [0.15, 0.2) is 0 Å². The molecular weight excluding hydrogens is 638 g/mol. The number of anilines is 2. The van der Waals surface area contributed by atoms with E-state index in [-0.39, 0.29) is 18.4 Å². The molecule has 0 fully saturated rings. The van der Waals surface area contributed by atoms with E-state index in [1.54, 1.807) is 39.7 Å². The summed E-state index contributed by atoms with van der Waals surface area (Å²) >= 11 is 0. The normalized spacial score (nSPS) is 11.5. The van der Waals surface area contributed by atoms with Crippen molar-refractivity contribution in [1.29, 1.82) is 0 Å². The van der Waals surface area contributed by atoms with E-state index in [0.717, 1.165) is 33.5 Å². The van der Waals surface area contributed by atoms with Crippen molar-refractivity contribution in [3.05, 3.63) is 81.9 Å². The van der Waals surface area contributed by atoms with Crippen LogP contribution in [0.25, 0.3) is 22.1 Å². The van der Waals surface area contributed by atoms with E-state index in [1.165, 1.54) is 0 Å². The Kier molecular flexibility index (Phi) is 9.50. The smallest absolute Gasteiger partial charge is 0.276 e. The average Bonchev–Trinajstić information content (AvgIpc) is 3.85. The second-order valence-electron chi connectivity index (χ2n) is 12.3. The predicted molar refractivity (Wildman–Crippen MR) is 189 cm³/mol. The highest BCUT2D eigenvalue weighted by molar-refractivity contribution is 6.04. The molecule has 15 nitrogen and oxygen atoms in total. The molecule has 0 saturated heterocycles. The van der Waals surface area contributed by atoms with Gasteiger partial charge in [-0.3, -0.25) is 34.4 Å². The van der Waals surface area contributed by atoms with Gasteiger partial charge in [-0.1, -0.05) is 6.07 Å². The summed E-state index contributed by atoms with van der Waals surface area (Å²) in [6.07, 6.45) is 1.34. The summed E-state index contributed by atoms with van der Waals surface area (Å²) in [5.41, 5.74) is 12.6. The fourth-order valence-electron chi connectivity index (χ4n) is 6.37. The zero-order chi connectivity index (χ0) is 35.7. The van der Waals surface area contributed by atoms with Crippen LogP contribution in [0.4, 0.5) is 11.9 Å². The van der Waals surface area contributed by atoms with Crippen LogP contribution in [0.1, 0.15) is 80.5 Å². The van der Waals surface area contributed by atoms with Crippen molar-refractivity contribution in [1.82, 2.24) is 38.7 Å². The van der Waals surface area contributed by atoms with Crippen molar-refractivity contribution >= 4 is 51.7 Å². The number of nitrogens with one attached hydrogen (secondary N) is 2. The number of amides is 3. The lowest BCUT2D eigenvalue weighted by molar-refractivity contribution is 0.0995. The van der Waals surface area contributed by atoms with Crippen molar-refractivity contribution in [2.45, 2.75) is 80.2 Å². The molecular formula is C35H41N11O4. The molecule has 0 spiro atoms. The van der Waals surface area contributed by atoms with E-state index < -0.39 is 5.91 Å². The van der Waals surface area contributed by atoms with E-state index in [0.29, 0.717) is 78.9 Å². The second-order valence-corrected chi connectivity index (χ2v) is 12.3. The number of hydrogen-bond acceptors (Lipinski definition) is 8. The van der Waals surface area contributed by atoms with Crippen LogP contribution >= 0.6 is 0 Å². The van der Waals surface area contributed by atoms with Gasteiger partial charge in [0.05, 0.1) is 40.1 Å². The molecule has 0 saturated carbocycles. The van der Waals surface area contributed by atoms with Gasteiger partial charge in [-0.2, -0.15) is 10.2 Å². The van der Waals surface area contributed by atoms with Gasteiger partial charge in [0.25, 0.3) is 11.8 Å². The Morgan fingerprint density at radius 3 is 1.88 bits per heavy atom. The average molecular weight is 680 g/mol. The maximum absolute atomic E-state index is 13.4. The number of rotatable bonds is 13. The van der Waals surface area contributed by atoms with Crippen molar-refractivity contribution in [2.24, 2.45) is 5.73 Å². The molecule has 0 bridgehead atoms. The van der Waals surface area contributed by atoms with Crippen LogP contribution in [0.5, 0.6) is 0 Å². The Balaban J connectivity index is 1.28. The molecule has 6 aromatic rings. The van der Waals surface area contributed by atoms with E-state index >= 15 is 0 Å². The van der Waals surface area contributed by atoms with Crippen LogP contribution < -0.4 is 16.4 Å². The molecule has 4 heterocycles. The zero-order valence-corrected chi connectivity index (χ0v) is 28.8. The number of carbonyl (C=O) groups excluding carboxylic acids is 3. The van der Waals surface area contributed by atoms with Gasteiger partial charge in [-0.05, 0) is 95.0 Å². The molecule has 0 aliphatic heterocycles. The topological polar surface area (TPSA) is 193 Å². The van der Waals surface area contributed by atoms with Gasteiger partial charge >= 0.3 is 0 Å². The summed E-state index contributed by atoms with van der Waals surface area (Å²) in [4.78, 5) is 48.2. The maximum Gasteiger partial charge on any atom is 0.276 e. The number of primary amides is 1. The van der Waals surface area contributed by atoms with E-state index in [9.17, 15) is 19.5 Å². The van der Waals surface area contributed by atoms with Gasteiger partial charge in [-0.25, -0.2) is 9.97 Å². The zero-order valence-electron chi connectivity index (χ0n) is 28.8. The third-order valence-corrected chi connectivity index (χ3v) is 8.64. The highest BCUT2D eigenvalue weighted by Gasteiger charge is 2.21. The number of nitrogens with two attached hydrogens (primary N) is 1. The molecule has 0 aliphatic carbocycles. The Morgan fingerprint density at radius 2 is 1.32 bits per heavy atom. The minimum atomic E-state index is -0.569. The third kappa shape index (κ3) is 6.59. The summed E-state index contributed by atoms with van der Waals surface area (Å²) in [6.45, 7) is 11.4. The second kappa shape index (κ2) is 14.0. The van der Waals surface area contributed by atoms with E-state index in [4.69, 9.17) is 10.7 Å². The van der Waals surface area contributed by atoms with Gasteiger partial charge in [0.1, 0.15) is 11.4 Å². The monoisotopic (exact) mass is 679 g/mol. The summed E-state index contributed by atoms with van der Waals surface area (Å²) in [5, 5.41) is 24.6. The first kappa shape index (κ1) is 34.0. The number of aliphatic hydroxyl groups excluding tert-OH is 1. The maximum atomic E-state index is 13.4. The summed E-state index contributed by atoms with van der Waals surface area (Å²) in [7, 11) is 0. The van der Waals surface area contributed by atoms with Gasteiger partial charge in [0.2, 0.25) is 17.8 Å². The van der Waals surface area contributed by atoms with Gasteiger partial charge in [-0.15, -0.1) is 0 Å². The Hall–Kier alpha value is -5.83. The SMILES string of the molecule is CCn1nc(C)cc1C(=O)Nc1nc2cc(C(N)=O)ccc2n1CCCCn1c(NC(=O)c2cc(C)nn2CC)nc2cc(CO)cc(C)c21. The Bertz CT molecular complexity index is 2260. The standard InChI is InChI=1S/C35H41N11O4/c1-6-45-28(15-21(4)41-45)32(49)39-34-37-25-18-24(31(36)48)10-11-27(25)43(34)12-8-9-13-44-30-20(3)14-23(19-47)17-26(30)38-35(44)40-33(50)29-16-22(5)42-46(29)7-2/h10-11,14-18,47H,6-9,12-13,19H2,1-5H3,(H2,36,48)(H,37,39,49)(H,38,40,50). The van der Waals surface area contributed by atoms with Crippen LogP contribution in [0.3, 0.4) is 0 Å². The molecule has 50 heavy (non-hydrogen) atoms. The molecule has 6 rings (SSSR count). The number of nitrogens with zero attached hydrogens (tertiary/aromatic N) is 8. The Labute approximate surface area is 288 Å². The molecule has 5 N–H and O–H groups in total. The van der Waals surface area contributed by atoms with Crippen LogP contribution in [0.2, 0.25) is 0 Å². The molecule has 15 heteroatoms. The lowest BCUT2D eigenvalue weighted by Crippen LogP contribution is -2.20. The van der Waals surface area contributed by atoms with E-state index in [1.807, 2.05) is 55.9 Å². The minimum absolute atomic E-state index is 0.126. The summed E-state index contributed by atoms with van der Waals surface area (Å²) < 4.78 is 7.20. The number of fused-ring (bicyclic) bond motifs is 2. The van der Waals surface area contributed by atoms with Gasteiger partial charge in [0, 0.05) is 31.7 Å². The van der Waals surface area contributed by atoms with Crippen LogP contribution in [0.15, 0.2) is 42.5 Å². The molecule has 4 aromatic heterocycles. The minimum Gasteiger partial charge on any atom is -0.392 e. The fourth-order valence-corrected chi connectivity index (χ4v) is 6.37. The molecule has 0 aliphatic rings. The highest BCUT2D eigenvalue weighted by atomic mass is 16.3. The number of unbranched alkanes of at least 4 members (excludes halogenated alkanes) is 1. The number of imidazole rings is 2. The Morgan fingerprint density at radius 1 is 0.760 bits per heavy atom. The lowest BCUT2D eigenvalue weighted by atomic mass is 10.1. The number of carbonyl (C=O) groups is 3. The summed E-state index contributed by atoms with van der Waals surface area (Å²) in [6, 6.07) is 12.3. The van der Waals surface area contributed by atoms with Crippen LogP contribution in [-0.2, 0) is 32.8 Å². The lowest BCUT2D eigenvalue weighted by Gasteiger charge is -2.13. The highest BCUT2D eigenvalue weighted by Crippen LogP contribution is 2.27. The molecule has 0 radical (unpaired) electrons. The third-order valence-electron chi connectivity index (χ3n) is 8.64. The predicted octanol–water partition coefficient (Wildman–Crippen LogP) is 4.32. The number of aliphatic hydroxyl groups is 1. The number of hydrogen-bond donors (Lipinski definition) is 4. The molecule has 260 valence electrons. The summed E-state index contributed by atoms with van der Waals surface area (Å²) in [5.74, 6) is -0.497.